The Morgan fingerprint density at radius 1 is 1.37 bits per heavy atom. The average Bonchev–Trinajstić information content (AvgIpc) is 3.05. The molecule has 0 aliphatic carbocycles. The Balaban J connectivity index is 2.00. The highest BCUT2D eigenvalue weighted by Crippen LogP contribution is 2.50. The molecule has 1 N–H and O–H groups in total. The SMILES string of the molecule is C/C=C1/COC(O)[C@]2(C(=O)OC)[C@H]1Cc1nccc3c4ccccc4n2c13. The molecule has 5 rings (SSSR count). The van der Waals surface area contributed by atoms with E-state index in [1.807, 2.05) is 54.1 Å². The zero-order valence-corrected chi connectivity index (χ0v) is 15.2. The number of fused-ring (bicyclic) bond motifs is 5. The van der Waals surface area contributed by atoms with Gasteiger partial charge in [-0.2, -0.15) is 0 Å². The Hall–Kier alpha value is -2.70. The van der Waals surface area contributed by atoms with Crippen LogP contribution < -0.4 is 0 Å². The van der Waals surface area contributed by atoms with Gasteiger partial charge in [0.05, 0.1) is 30.4 Å². The molecule has 2 aliphatic rings. The van der Waals surface area contributed by atoms with Gasteiger partial charge in [-0.25, -0.2) is 4.79 Å². The number of pyridine rings is 1. The van der Waals surface area contributed by atoms with Crippen LogP contribution in [-0.2, 0) is 26.2 Å². The van der Waals surface area contributed by atoms with E-state index in [0.717, 1.165) is 33.1 Å². The Morgan fingerprint density at radius 3 is 2.96 bits per heavy atom. The number of carbonyl (C=O) groups excluding carboxylic acids is 1. The minimum atomic E-state index is -1.38. The van der Waals surface area contributed by atoms with Crippen LogP contribution in [0, 0.1) is 5.92 Å². The summed E-state index contributed by atoms with van der Waals surface area (Å²) in [4.78, 5) is 17.9. The highest BCUT2D eigenvalue weighted by molar-refractivity contribution is 6.10. The van der Waals surface area contributed by atoms with Crippen molar-refractivity contribution in [2.75, 3.05) is 13.7 Å². The molecule has 0 spiro atoms. The van der Waals surface area contributed by atoms with Gasteiger partial charge in [-0.3, -0.25) is 4.98 Å². The summed E-state index contributed by atoms with van der Waals surface area (Å²) in [5.41, 5.74) is 2.22. The molecular weight excluding hydrogens is 344 g/mol. The largest absolute Gasteiger partial charge is 0.467 e. The first kappa shape index (κ1) is 16.5. The molecular formula is C21H20N2O4. The molecule has 3 atom stereocenters. The van der Waals surface area contributed by atoms with Gasteiger partial charge in [0.1, 0.15) is 0 Å². The molecule has 4 heterocycles. The van der Waals surface area contributed by atoms with Gasteiger partial charge in [-0.1, -0.05) is 24.3 Å². The van der Waals surface area contributed by atoms with Crippen LogP contribution in [0.25, 0.3) is 21.8 Å². The molecule has 1 aromatic carbocycles. The van der Waals surface area contributed by atoms with Gasteiger partial charge in [0, 0.05) is 29.3 Å². The number of aliphatic hydroxyl groups is 1. The predicted molar refractivity (Wildman–Crippen MR) is 100 cm³/mol. The molecule has 0 saturated carbocycles. The highest BCUT2D eigenvalue weighted by Gasteiger charge is 2.61. The van der Waals surface area contributed by atoms with Crippen molar-refractivity contribution in [3.63, 3.8) is 0 Å². The number of hydrogen-bond donors (Lipinski definition) is 1. The first-order chi connectivity index (χ1) is 13.1. The molecule has 3 aromatic rings. The van der Waals surface area contributed by atoms with Gasteiger partial charge >= 0.3 is 5.97 Å². The summed E-state index contributed by atoms with van der Waals surface area (Å²) in [6.45, 7) is 2.21. The van der Waals surface area contributed by atoms with Crippen LogP contribution in [0.1, 0.15) is 12.6 Å². The second-order valence-electron chi connectivity index (χ2n) is 7.11. The number of aromatic nitrogens is 2. The molecule has 1 fully saturated rings. The van der Waals surface area contributed by atoms with Gasteiger partial charge in [0.15, 0.2) is 6.29 Å². The van der Waals surface area contributed by atoms with Gasteiger partial charge < -0.3 is 19.1 Å². The maximum Gasteiger partial charge on any atom is 0.338 e. The number of esters is 1. The van der Waals surface area contributed by atoms with E-state index in [1.165, 1.54) is 7.11 Å². The van der Waals surface area contributed by atoms with Crippen LogP contribution >= 0.6 is 0 Å². The number of aliphatic hydroxyl groups excluding tert-OH is 1. The monoisotopic (exact) mass is 364 g/mol. The number of benzene rings is 1. The Bertz CT molecular complexity index is 1120. The van der Waals surface area contributed by atoms with E-state index in [0.29, 0.717) is 6.42 Å². The number of methoxy groups -OCH3 is 1. The second kappa shape index (κ2) is 5.65. The van der Waals surface area contributed by atoms with Gasteiger partial charge in [-0.15, -0.1) is 0 Å². The van der Waals surface area contributed by atoms with Crippen molar-refractivity contribution >= 4 is 27.8 Å². The van der Waals surface area contributed by atoms with Crippen molar-refractivity contribution in [1.82, 2.24) is 9.55 Å². The zero-order chi connectivity index (χ0) is 18.8. The maximum absolute atomic E-state index is 13.3. The van der Waals surface area contributed by atoms with E-state index in [2.05, 4.69) is 4.98 Å². The van der Waals surface area contributed by atoms with E-state index >= 15 is 0 Å². The van der Waals surface area contributed by atoms with Crippen LogP contribution in [0.4, 0.5) is 0 Å². The lowest BCUT2D eigenvalue weighted by atomic mass is 9.71. The maximum atomic E-state index is 13.3. The molecule has 2 aromatic heterocycles. The molecule has 2 aliphatic heterocycles. The third kappa shape index (κ3) is 1.86. The molecule has 0 amide bonds. The summed E-state index contributed by atoms with van der Waals surface area (Å²) in [6, 6.07) is 9.84. The molecule has 6 heteroatoms. The normalized spacial score (nSPS) is 28.5. The molecule has 6 nitrogen and oxygen atoms in total. The molecule has 0 bridgehead atoms. The summed E-state index contributed by atoms with van der Waals surface area (Å²) < 4.78 is 12.8. The predicted octanol–water partition coefficient (Wildman–Crippen LogP) is 2.53. The molecule has 138 valence electrons. The summed E-state index contributed by atoms with van der Waals surface area (Å²) in [5.74, 6) is -0.795. The van der Waals surface area contributed by atoms with E-state index in [-0.39, 0.29) is 12.5 Å². The number of carbonyl (C=O) groups is 1. The number of hydrogen-bond acceptors (Lipinski definition) is 5. The number of allylic oxidation sites excluding steroid dienone is 1. The first-order valence-corrected chi connectivity index (χ1v) is 9.05. The summed E-state index contributed by atoms with van der Waals surface area (Å²) in [5, 5.41) is 13.1. The van der Waals surface area contributed by atoms with Crippen LogP contribution in [0.5, 0.6) is 0 Å². The molecule has 27 heavy (non-hydrogen) atoms. The van der Waals surface area contributed by atoms with Crippen molar-refractivity contribution in [2.24, 2.45) is 5.92 Å². The quantitative estimate of drug-likeness (QED) is 0.531. The first-order valence-electron chi connectivity index (χ1n) is 9.05. The Kier molecular flexibility index (Phi) is 3.44. The van der Waals surface area contributed by atoms with Crippen molar-refractivity contribution in [1.29, 1.82) is 0 Å². The zero-order valence-electron chi connectivity index (χ0n) is 15.2. The van der Waals surface area contributed by atoms with E-state index in [1.54, 1.807) is 0 Å². The fourth-order valence-electron chi connectivity index (χ4n) is 4.90. The van der Waals surface area contributed by atoms with E-state index in [4.69, 9.17) is 9.47 Å². The van der Waals surface area contributed by atoms with Crippen LogP contribution in [0.15, 0.2) is 48.2 Å². The van der Waals surface area contributed by atoms with Crippen molar-refractivity contribution < 1.29 is 19.4 Å². The van der Waals surface area contributed by atoms with Crippen molar-refractivity contribution in [2.45, 2.75) is 25.2 Å². The fourth-order valence-corrected chi connectivity index (χ4v) is 4.90. The number of nitrogens with zero attached hydrogens (tertiary/aromatic N) is 2. The second-order valence-corrected chi connectivity index (χ2v) is 7.11. The van der Waals surface area contributed by atoms with Gasteiger partial charge in [0.2, 0.25) is 5.54 Å². The summed E-state index contributed by atoms with van der Waals surface area (Å²) in [6.07, 6.45) is 3.00. The van der Waals surface area contributed by atoms with Gasteiger partial charge in [-0.05, 0) is 24.6 Å². The summed E-state index contributed by atoms with van der Waals surface area (Å²) in [7, 11) is 1.35. The van der Waals surface area contributed by atoms with Crippen LogP contribution in [-0.4, -0.2) is 40.6 Å². The standard InChI is InChI=1S/C21H20N2O4/c1-3-12-11-27-20(25)21(19(24)26-2)15(12)10-16-18-14(8-9-22-16)13-6-4-5-7-17(13)23(18)21/h3-9,15,20,25H,10-11H2,1-2H3/b12-3-/t15-,20?,21+/m0/s1. The minimum absolute atomic E-state index is 0.283. The summed E-state index contributed by atoms with van der Waals surface area (Å²) >= 11 is 0. The lowest BCUT2D eigenvalue weighted by Crippen LogP contribution is -2.63. The Labute approximate surface area is 156 Å². The molecule has 0 radical (unpaired) electrons. The topological polar surface area (TPSA) is 73.6 Å². The van der Waals surface area contributed by atoms with Crippen LogP contribution in [0.2, 0.25) is 0 Å². The van der Waals surface area contributed by atoms with Crippen LogP contribution in [0.3, 0.4) is 0 Å². The average molecular weight is 364 g/mol. The molecule has 1 saturated heterocycles. The molecule has 1 unspecified atom stereocenters. The lowest BCUT2D eigenvalue weighted by molar-refractivity contribution is -0.214. The van der Waals surface area contributed by atoms with Crippen molar-refractivity contribution in [3.8, 4) is 0 Å². The number of para-hydroxylation sites is 1. The lowest BCUT2D eigenvalue weighted by Gasteiger charge is -2.49. The third-order valence-corrected chi connectivity index (χ3v) is 6.07. The van der Waals surface area contributed by atoms with Gasteiger partial charge in [0.25, 0.3) is 0 Å². The number of rotatable bonds is 1. The Morgan fingerprint density at radius 2 is 2.19 bits per heavy atom. The van der Waals surface area contributed by atoms with Crippen molar-refractivity contribution in [3.05, 3.63) is 53.9 Å². The smallest absolute Gasteiger partial charge is 0.338 e. The van der Waals surface area contributed by atoms with E-state index in [9.17, 15) is 9.90 Å². The third-order valence-electron chi connectivity index (χ3n) is 6.07. The van der Waals surface area contributed by atoms with E-state index < -0.39 is 17.8 Å². The number of ether oxygens (including phenoxy) is 2. The highest BCUT2D eigenvalue weighted by atomic mass is 16.6. The fraction of sp³-hybridized carbons (Fsp3) is 0.333. The minimum Gasteiger partial charge on any atom is -0.467 e.